The Hall–Kier alpha value is -1.29. The van der Waals surface area contributed by atoms with Gasteiger partial charge in [-0.1, -0.05) is 0 Å². The molecule has 1 aromatic rings. The van der Waals surface area contributed by atoms with Crippen molar-refractivity contribution in [2.45, 2.75) is 6.92 Å². The van der Waals surface area contributed by atoms with Gasteiger partial charge >= 0.3 is 0 Å². The van der Waals surface area contributed by atoms with Crippen LogP contribution in [0.2, 0.25) is 0 Å². The van der Waals surface area contributed by atoms with E-state index < -0.39 is 0 Å². The molecule has 4 heteroatoms. The SMILES string of the molecule is Cc1cc(NN)cc(N)n1. The molecule has 0 saturated heterocycles. The maximum atomic E-state index is 5.43. The van der Waals surface area contributed by atoms with E-state index in [1.54, 1.807) is 6.07 Å². The van der Waals surface area contributed by atoms with Crippen LogP contribution in [0.4, 0.5) is 11.5 Å². The van der Waals surface area contributed by atoms with Crippen LogP contribution in [0.3, 0.4) is 0 Å². The molecule has 0 aliphatic carbocycles. The zero-order valence-corrected chi connectivity index (χ0v) is 5.76. The average Bonchev–Trinajstić information content (AvgIpc) is 1.85. The van der Waals surface area contributed by atoms with Crippen molar-refractivity contribution in [2.75, 3.05) is 11.2 Å². The van der Waals surface area contributed by atoms with Crippen molar-refractivity contribution in [3.8, 4) is 0 Å². The van der Waals surface area contributed by atoms with E-state index in [1.165, 1.54) is 0 Å². The Morgan fingerprint density at radius 2 is 2.20 bits per heavy atom. The summed E-state index contributed by atoms with van der Waals surface area (Å²) in [5.41, 5.74) is 9.55. The topological polar surface area (TPSA) is 77.0 Å². The van der Waals surface area contributed by atoms with Gasteiger partial charge in [0.05, 0.1) is 5.69 Å². The van der Waals surface area contributed by atoms with Crippen molar-refractivity contribution in [3.05, 3.63) is 17.8 Å². The second-order valence-corrected chi connectivity index (χ2v) is 2.07. The number of nitrogens with zero attached hydrogens (tertiary/aromatic N) is 1. The summed E-state index contributed by atoms with van der Waals surface area (Å²) in [6.07, 6.45) is 0. The van der Waals surface area contributed by atoms with Crippen LogP contribution in [0.15, 0.2) is 12.1 Å². The molecule has 54 valence electrons. The van der Waals surface area contributed by atoms with Crippen LogP contribution in [-0.4, -0.2) is 4.98 Å². The van der Waals surface area contributed by atoms with E-state index in [0.29, 0.717) is 5.82 Å². The Kier molecular flexibility index (Phi) is 1.73. The summed E-state index contributed by atoms with van der Waals surface area (Å²) in [7, 11) is 0. The van der Waals surface area contributed by atoms with Gasteiger partial charge in [0, 0.05) is 11.8 Å². The molecule has 1 heterocycles. The van der Waals surface area contributed by atoms with Gasteiger partial charge < -0.3 is 11.2 Å². The van der Waals surface area contributed by atoms with Crippen LogP contribution in [0, 0.1) is 6.92 Å². The minimum absolute atomic E-state index is 0.480. The Morgan fingerprint density at radius 1 is 1.50 bits per heavy atom. The van der Waals surface area contributed by atoms with E-state index in [0.717, 1.165) is 11.4 Å². The number of hydrogen-bond donors (Lipinski definition) is 3. The van der Waals surface area contributed by atoms with Crippen LogP contribution in [0.25, 0.3) is 0 Å². The number of anilines is 2. The predicted molar refractivity (Wildman–Crippen MR) is 41.2 cm³/mol. The second kappa shape index (κ2) is 2.53. The molecule has 0 bridgehead atoms. The largest absolute Gasteiger partial charge is 0.384 e. The molecule has 10 heavy (non-hydrogen) atoms. The van der Waals surface area contributed by atoms with E-state index in [-0.39, 0.29) is 0 Å². The maximum absolute atomic E-state index is 5.43. The van der Waals surface area contributed by atoms with Crippen LogP contribution in [0.5, 0.6) is 0 Å². The molecule has 0 radical (unpaired) electrons. The van der Waals surface area contributed by atoms with Gasteiger partial charge in [-0.2, -0.15) is 0 Å². The average molecular weight is 138 g/mol. The van der Waals surface area contributed by atoms with Crippen molar-refractivity contribution in [3.63, 3.8) is 0 Å². The van der Waals surface area contributed by atoms with E-state index >= 15 is 0 Å². The fourth-order valence-electron chi connectivity index (χ4n) is 0.778. The van der Waals surface area contributed by atoms with Crippen LogP contribution in [0.1, 0.15) is 5.69 Å². The lowest BCUT2D eigenvalue weighted by Crippen LogP contribution is -2.07. The highest BCUT2D eigenvalue weighted by Gasteiger charge is 1.92. The summed E-state index contributed by atoms with van der Waals surface area (Å²) < 4.78 is 0. The van der Waals surface area contributed by atoms with Gasteiger partial charge in [0.1, 0.15) is 5.82 Å². The third-order valence-electron chi connectivity index (χ3n) is 1.14. The van der Waals surface area contributed by atoms with Gasteiger partial charge in [-0.25, -0.2) is 4.98 Å². The van der Waals surface area contributed by atoms with Gasteiger partial charge in [0.15, 0.2) is 0 Å². The lowest BCUT2D eigenvalue weighted by Gasteiger charge is -2.01. The van der Waals surface area contributed by atoms with Crippen LogP contribution in [-0.2, 0) is 0 Å². The first-order valence-corrected chi connectivity index (χ1v) is 2.93. The molecule has 0 amide bonds. The molecule has 0 spiro atoms. The standard InChI is InChI=1S/C6H10N4/c1-4-2-5(10-8)3-6(7)9-4/h2-3H,8H2,1H3,(H3,7,9,10). The normalized spacial score (nSPS) is 9.40. The van der Waals surface area contributed by atoms with E-state index in [1.807, 2.05) is 13.0 Å². The zero-order valence-electron chi connectivity index (χ0n) is 5.76. The first kappa shape index (κ1) is 6.82. The van der Waals surface area contributed by atoms with Crippen molar-refractivity contribution < 1.29 is 0 Å². The molecule has 0 unspecified atom stereocenters. The quantitative estimate of drug-likeness (QED) is 0.384. The molecule has 0 atom stereocenters. The summed E-state index contributed by atoms with van der Waals surface area (Å²) in [4.78, 5) is 3.96. The molecular formula is C6H10N4. The molecule has 5 N–H and O–H groups in total. The maximum Gasteiger partial charge on any atom is 0.125 e. The van der Waals surface area contributed by atoms with Crippen LogP contribution < -0.4 is 17.0 Å². The van der Waals surface area contributed by atoms with Crippen molar-refractivity contribution in [1.82, 2.24) is 4.98 Å². The summed E-state index contributed by atoms with van der Waals surface area (Å²) in [6.45, 7) is 1.86. The van der Waals surface area contributed by atoms with Gasteiger partial charge in [0.25, 0.3) is 0 Å². The molecular weight excluding hydrogens is 128 g/mol. The minimum atomic E-state index is 0.480. The highest BCUT2D eigenvalue weighted by Crippen LogP contribution is 2.09. The van der Waals surface area contributed by atoms with Crippen molar-refractivity contribution in [2.24, 2.45) is 5.84 Å². The third-order valence-corrected chi connectivity index (χ3v) is 1.14. The molecule has 4 nitrogen and oxygen atoms in total. The first-order chi connectivity index (χ1) is 4.72. The first-order valence-electron chi connectivity index (χ1n) is 2.93. The Labute approximate surface area is 59.2 Å². The fraction of sp³-hybridized carbons (Fsp3) is 0.167. The lowest BCUT2D eigenvalue weighted by atomic mass is 10.3. The number of aryl methyl sites for hydroxylation is 1. The lowest BCUT2D eigenvalue weighted by molar-refractivity contribution is 1.20. The summed E-state index contributed by atoms with van der Waals surface area (Å²) >= 11 is 0. The summed E-state index contributed by atoms with van der Waals surface area (Å²) in [6, 6.07) is 3.49. The van der Waals surface area contributed by atoms with Gasteiger partial charge in [-0.3, -0.25) is 5.84 Å². The predicted octanol–water partition coefficient (Wildman–Crippen LogP) is 0.258. The Bertz CT molecular complexity index is 213. The smallest absolute Gasteiger partial charge is 0.125 e. The minimum Gasteiger partial charge on any atom is -0.384 e. The Morgan fingerprint density at radius 3 is 2.70 bits per heavy atom. The summed E-state index contributed by atoms with van der Waals surface area (Å²) in [5.74, 6) is 5.63. The molecule has 0 saturated carbocycles. The highest BCUT2D eigenvalue weighted by atomic mass is 15.2. The monoisotopic (exact) mass is 138 g/mol. The molecule has 0 aromatic carbocycles. The van der Waals surface area contributed by atoms with E-state index in [2.05, 4.69) is 10.4 Å². The number of hydrogen-bond acceptors (Lipinski definition) is 4. The summed E-state index contributed by atoms with van der Waals surface area (Å²) in [5, 5.41) is 0. The highest BCUT2D eigenvalue weighted by molar-refractivity contribution is 5.50. The number of nitrogens with one attached hydrogen (secondary N) is 1. The molecule has 1 aromatic heterocycles. The number of pyridine rings is 1. The number of hydrazine groups is 1. The van der Waals surface area contributed by atoms with E-state index in [4.69, 9.17) is 11.6 Å². The van der Waals surface area contributed by atoms with Gasteiger partial charge in [-0.15, -0.1) is 0 Å². The number of nitrogen functional groups attached to an aromatic ring is 2. The number of rotatable bonds is 1. The van der Waals surface area contributed by atoms with Crippen molar-refractivity contribution in [1.29, 1.82) is 0 Å². The Balaban J connectivity index is 3.06. The molecule has 0 aliphatic rings. The fourth-order valence-corrected chi connectivity index (χ4v) is 0.778. The third kappa shape index (κ3) is 1.35. The second-order valence-electron chi connectivity index (χ2n) is 2.07. The molecule has 0 fully saturated rings. The molecule has 0 aliphatic heterocycles. The van der Waals surface area contributed by atoms with Crippen LogP contribution >= 0.6 is 0 Å². The molecule has 1 rings (SSSR count). The van der Waals surface area contributed by atoms with Gasteiger partial charge in [-0.05, 0) is 13.0 Å². The van der Waals surface area contributed by atoms with E-state index in [9.17, 15) is 0 Å². The number of nitrogens with two attached hydrogens (primary N) is 2. The van der Waals surface area contributed by atoms with Gasteiger partial charge in [0.2, 0.25) is 0 Å². The zero-order chi connectivity index (χ0) is 7.56. The number of aromatic nitrogens is 1. The van der Waals surface area contributed by atoms with Crippen molar-refractivity contribution >= 4 is 11.5 Å².